The number of hydrogen-bond acceptors (Lipinski definition) is 0. The van der Waals surface area contributed by atoms with Gasteiger partial charge in [0.2, 0.25) is 0 Å². The van der Waals surface area contributed by atoms with Gasteiger partial charge in [0.1, 0.15) is 0 Å². The first kappa shape index (κ1) is 10.9. The van der Waals surface area contributed by atoms with E-state index in [-0.39, 0.29) is 7.92 Å². The summed E-state index contributed by atoms with van der Waals surface area (Å²) in [6.45, 7) is 14.5. The molecule has 1 unspecified atom stereocenters. The van der Waals surface area contributed by atoms with Gasteiger partial charge < -0.3 is 0 Å². The summed E-state index contributed by atoms with van der Waals surface area (Å²) in [6, 6.07) is 0. The Morgan fingerprint density at radius 1 is 1.27 bits per heavy atom. The van der Waals surface area contributed by atoms with Crippen LogP contribution >= 0.6 is 7.92 Å². The highest BCUT2D eigenvalue weighted by Gasteiger charge is 2.27. The van der Waals surface area contributed by atoms with Gasteiger partial charge in [-0.05, 0) is 27.2 Å². The van der Waals surface area contributed by atoms with Gasteiger partial charge in [-0.3, -0.25) is 0 Å². The topological polar surface area (TPSA) is 0 Å². The molecule has 1 atom stereocenters. The Bertz CT molecular complexity index is 130. The molecule has 0 fully saturated rings. The second kappa shape index (κ2) is 4.72. The van der Waals surface area contributed by atoms with Crippen LogP contribution in [0, 0.1) is 0 Å². The molecule has 0 saturated heterocycles. The minimum atomic E-state index is -0.369. The Kier molecular flexibility index (Phi) is 4.68. The standard InChI is InChI=1S/C10H19P/c1-6-8-9-11(7-2)10(3,4)5/h6-7H,1-2,8-9H2,3-5H3/p+1. The zero-order valence-electron chi connectivity index (χ0n) is 7.98. The number of rotatable bonds is 4. The third kappa shape index (κ3) is 4.37. The maximum absolute atomic E-state index is 3.89. The molecule has 0 N–H and O–H groups in total. The smallest absolute Gasteiger partial charge is 0.0734 e. The molecular formula is C10H20P+. The van der Waals surface area contributed by atoms with Gasteiger partial charge in [0, 0.05) is 13.7 Å². The van der Waals surface area contributed by atoms with E-state index in [0.717, 1.165) is 6.42 Å². The van der Waals surface area contributed by atoms with Crippen LogP contribution < -0.4 is 0 Å². The molecule has 0 heterocycles. The van der Waals surface area contributed by atoms with Crippen LogP contribution in [0.1, 0.15) is 27.2 Å². The van der Waals surface area contributed by atoms with Gasteiger partial charge in [-0.15, -0.1) is 6.58 Å². The Balaban J connectivity index is 3.95. The van der Waals surface area contributed by atoms with E-state index in [0.29, 0.717) is 5.16 Å². The highest BCUT2D eigenvalue weighted by atomic mass is 31.1. The quantitative estimate of drug-likeness (QED) is 0.446. The van der Waals surface area contributed by atoms with E-state index in [2.05, 4.69) is 39.7 Å². The molecule has 0 aromatic rings. The van der Waals surface area contributed by atoms with E-state index in [4.69, 9.17) is 0 Å². The van der Waals surface area contributed by atoms with Crippen LogP contribution in [-0.2, 0) is 0 Å². The summed E-state index contributed by atoms with van der Waals surface area (Å²) in [5.41, 5.74) is 0. The highest BCUT2D eigenvalue weighted by molar-refractivity contribution is 7.62. The average molecular weight is 171 g/mol. The Labute approximate surface area is 72.1 Å². The van der Waals surface area contributed by atoms with E-state index in [1.165, 1.54) is 6.16 Å². The minimum absolute atomic E-state index is 0.369. The first-order chi connectivity index (χ1) is 5.02. The van der Waals surface area contributed by atoms with E-state index < -0.39 is 0 Å². The van der Waals surface area contributed by atoms with E-state index >= 15 is 0 Å². The van der Waals surface area contributed by atoms with Crippen LogP contribution in [-0.4, -0.2) is 11.3 Å². The van der Waals surface area contributed by atoms with Crippen molar-refractivity contribution in [2.24, 2.45) is 0 Å². The third-order valence-corrected chi connectivity index (χ3v) is 5.07. The molecule has 0 nitrogen and oxygen atoms in total. The average Bonchev–Trinajstić information content (AvgIpc) is 1.87. The zero-order chi connectivity index (χ0) is 8.91. The molecular weight excluding hydrogens is 151 g/mol. The first-order valence-corrected chi connectivity index (χ1v) is 5.90. The molecule has 0 spiro atoms. The van der Waals surface area contributed by atoms with E-state index in [9.17, 15) is 0 Å². The van der Waals surface area contributed by atoms with E-state index in [1.54, 1.807) is 0 Å². The van der Waals surface area contributed by atoms with Gasteiger partial charge in [-0.2, -0.15) is 0 Å². The van der Waals surface area contributed by atoms with Crippen LogP contribution in [0.5, 0.6) is 0 Å². The second-order valence-electron chi connectivity index (χ2n) is 3.81. The molecule has 0 aliphatic heterocycles. The zero-order valence-corrected chi connectivity index (χ0v) is 8.98. The monoisotopic (exact) mass is 171 g/mol. The largest absolute Gasteiger partial charge is 0.103 e. The summed E-state index contributed by atoms with van der Waals surface area (Å²) in [5, 5.41) is 0.454. The van der Waals surface area contributed by atoms with Crippen molar-refractivity contribution in [3.8, 4) is 0 Å². The lowest BCUT2D eigenvalue weighted by molar-refractivity contribution is 0.785. The fourth-order valence-corrected chi connectivity index (χ4v) is 3.12. The molecule has 0 aromatic heterocycles. The van der Waals surface area contributed by atoms with Crippen LogP contribution in [0.25, 0.3) is 0 Å². The van der Waals surface area contributed by atoms with Crippen molar-refractivity contribution in [3.63, 3.8) is 0 Å². The van der Waals surface area contributed by atoms with Gasteiger partial charge >= 0.3 is 0 Å². The molecule has 0 aliphatic carbocycles. The van der Waals surface area contributed by atoms with Gasteiger partial charge in [-0.25, -0.2) is 0 Å². The Morgan fingerprint density at radius 3 is 2.09 bits per heavy atom. The molecule has 11 heavy (non-hydrogen) atoms. The van der Waals surface area contributed by atoms with Gasteiger partial charge in [0.05, 0.1) is 11.3 Å². The lowest BCUT2D eigenvalue weighted by Crippen LogP contribution is -2.11. The van der Waals surface area contributed by atoms with Crippen LogP contribution in [0.2, 0.25) is 0 Å². The molecule has 0 bridgehead atoms. The Hall–Kier alpha value is -0.0900. The van der Waals surface area contributed by atoms with E-state index in [1.807, 2.05) is 6.08 Å². The Morgan fingerprint density at radius 2 is 1.82 bits per heavy atom. The maximum Gasteiger partial charge on any atom is 0.0734 e. The van der Waals surface area contributed by atoms with Crippen molar-refractivity contribution in [1.29, 1.82) is 0 Å². The van der Waals surface area contributed by atoms with Crippen LogP contribution in [0.15, 0.2) is 25.1 Å². The molecule has 1 heteroatoms. The van der Waals surface area contributed by atoms with Gasteiger partial charge in [0.15, 0.2) is 0 Å². The fraction of sp³-hybridized carbons (Fsp3) is 0.600. The summed E-state index contributed by atoms with van der Waals surface area (Å²) < 4.78 is 0. The SMILES string of the molecule is C=CCC[PH+](C=C)C(C)(C)C. The van der Waals surface area contributed by atoms with Crippen molar-refractivity contribution in [3.05, 3.63) is 25.1 Å². The van der Waals surface area contributed by atoms with Gasteiger partial charge in [-0.1, -0.05) is 12.7 Å². The summed E-state index contributed by atoms with van der Waals surface area (Å²) >= 11 is 0. The normalized spacial score (nSPS) is 14.1. The molecule has 0 aliphatic rings. The predicted molar refractivity (Wildman–Crippen MR) is 57.9 cm³/mol. The minimum Gasteiger partial charge on any atom is -0.103 e. The molecule has 0 amide bonds. The van der Waals surface area contributed by atoms with Crippen LogP contribution in [0.4, 0.5) is 0 Å². The third-order valence-electron chi connectivity index (χ3n) is 1.83. The molecule has 0 aromatic carbocycles. The molecule has 0 rings (SSSR count). The molecule has 0 saturated carbocycles. The lowest BCUT2D eigenvalue weighted by Gasteiger charge is -2.19. The lowest BCUT2D eigenvalue weighted by atomic mass is 10.3. The first-order valence-electron chi connectivity index (χ1n) is 4.12. The van der Waals surface area contributed by atoms with Crippen molar-refractivity contribution in [2.45, 2.75) is 32.3 Å². The second-order valence-corrected chi connectivity index (χ2v) is 7.27. The summed E-state index contributed by atoms with van der Waals surface area (Å²) in [5.74, 6) is 2.16. The molecule has 64 valence electrons. The predicted octanol–water partition coefficient (Wildman–Crippen LogP) is 3.72. The number of hydrogen-bond donors (Lipinski definition) is 0. The fourth-order valence-electron chi connectivity index (χ4n) is 1.04. The summed E-state index contributed by atoms with van der Waals surface area (Å²) in [7, 11) is -0.369. The van der Waals surface area contributed by atoms with Gasteiger partial charge in [0.25, 0.3) is 0 Å². The molecule has 0 radical (unpaired) electrons. The van der Waals surface area contributed by atoms with Crippen molar-refractivity contribution < 1.29 is 0 Å². The summed E-state index contributed by atoms with van der Waals surface area (Å²) in [4.78, 5) is 0. The van der Waals surface area contributed by atoms with Crippen molar-refractivity contribution in [2.75, 3.05) is 6.16 Å². The van der Waals surface area contributed by atoms with Crippen molar-refractivity contribution in [1.82, 2.24) is 0 Å². The maximum atomic E-state index is 3.89. The number of allylic oxidation sites excluding steroid dienone is 1. The summed E-state index contributed by atoms with van der Waals surface area (Å²) in [6.07, 6.45) is 4.42. The van der Waals surface area contributed by atoms with Crippen LogP contribution in [0.3, 0.4) is 0 Å². The van der Waals surface area contributed by atoms with Crippen molar-refractivity contribution >= 4 is 7.92 Å². The highest BCUT2D eigenvalue weighted by Crippen LogP contribution is 2.50.